The molecule has 0 fully saturated rings. The van der Waals surface area contributed by atoms with Crippen LogP contribution in [0.1, 0.15) is 65.7 Å². The van der Waals surface area contributed by atoms with Gasteiger partial charge in [-0.05, 0) is 101 Å². The van der Waals surface area contributed by atoms with Gasteiger partial charge in [-0.1, -0.05) is 42.0 Å². The summed E-state index contributed by atoms with van der Waals surface area (Å²) in [5, 5.41) is 0.786. The highest BCUT2D eigenvalue weighted by Crippen LogP contribution is 2.27. The number of carbonyl (C=O) groups excluding carboxylic acids is 1. The van der Waals surface area contributed by atoms with E-state index in [1.807, 2.05) is 50.2 Å². The van der Waals surface area contributed by atoms with Crippen LogP contribution >= 0.6 is 0 Å². The number of unbranched alkanes of at least 4 members (excludes halogenated alkanes) is 2. The number of Topliss-reactive ketones (excluding diaryl/α,β-unsaturated/α-hetero) is 1. The summed E-state index contributed by atoms with van der Waals surface area (Å²) >= 11 is 0. The molecule has 3 aromatic carbocycles. The predicted molar refractivity (Wildman–Crippen MR) is 169 cm³/mol. The maximum atomic E-state index is 13.1. The molecule has 41 heavy (non-hydrogen) atoms. The van der Waals surface area contributed by atoms with E-state index in [0.29, 0.717) is 23.3 Å². The van der Waals surface area contributed by atoms with Crippen LogP contribution in [0.15, 0.2) is 87.6 Å². The number of nitrogens with zero attached hydrogens (tertiary/aromatic N) is 1. The smallest absolute Gasteiger partial charge is 0.339 e. The van der Waals surface area contributed by atoms with Gasteiger partial charge in [0.2, 0.25) is 0 Å². The molecule has 0 saturated heterocycles. The third kappa shape index (κ3) is 7.97. The fourth-order valence-corrected chi connectivity index (χ4v) is 4.90. The van der Waals surface area contributed by atoms with Crippen molar-refractivity contribution < 1.29 is 13.9 Å². The first-order chi connectivity index (χ1) is 19.7. The van der Waals surface area contributed by atoms with Crippen LogP contribution in [0.25, 0.3) is 11.0 Å². The highest BCUT2D eigenvalue weighted by Gasteiger charge is 2.15. The minimum Gasteiger partial charge on any atom is -0.493 e. The molecule has 4 rings (SSSR count). The van der Waals surface area contributed by atoms with Crippen LogP contribution in [0.5, 0.6) is 5.75 Å². The molecule has 214 valence electrons. The Balaban J connectivity index is 1.35. The minimum atomic E-state index is -0.481. The molecule has 5 nitrogen and oxygen atoms in total. The summed E-state index contributed by atoms with van der Waals surface area (Å²) in [6.07, 6.45) is 6.03. The van der Waals surface area contributed by atoms with Crippen molar-refractivity contribution >= 4 is 22.4 Å². The Morgan fingerprint density at radius 3 is 2.46 bits per heavy atom. The van der Waals surface area contributed by atoms with Crippen molar-refractivity contribution in [1.82, 2.24) is 0 Å². The SMILES string of the molecule is CC(C)=CCc1cc(C(=O)Cc2cc3ccc(OCCCCCN(C)c4ccccc4)c(C)c3oc2=O)ccc1C. The van der Waals surface area contributed by atoms with E-state index in [-0.39, 0.29) is 12.2 Å². The van der Waals surface area contributed by atoms with Crippen LogP contribution in [0, 0.1) is 13.8 Å². The molecule has 0 unspecified atom stereocenters. The average molecular weight is 552 g/mol. The summed E-state index contributed by atoms with van der Waals surface area (Å²) in [6, 6.07) is 21.7. The molecule has 4 aromatic rings. The second kappa shape index (κ2) is 14.0. The number of hydrogen-bond donors (Lipinski definition) is 0. The monoisotopic (exact) mass is 551 g/mol. The Kier molecular flexibility index (Phi) is 10.2. The van der Waals surface area contributed by atoms with Crippen molar-refractivity contribution in [3.8, 4) is 5.75 Å². The fourth-order valence-electron chi connectivity index (χ4n) is 4.90. The number of hydrogen-bond acceptors (Lipinski definition) is 5. The molecule has 0 N–H and O–H groups in total. The van der Waals surface area contributed by atoms with E-state index in [2.05, 4.69) is 56.1 Å². The number of carbonyl (C=O) groups is 1. The molecule has 0 aliphatic rings. The highest BCUT2D eigenvalue weighted by molar-refractivity contribution is 5.98. The van der Waals surface area contributed by atoms with E-state index < -0.39 is 5.63 Å². The first-order valence-electron chi connectivity index (χ1n) is 14.4. The lowest BCUT2D eigenvalue weighted by Gasteiger charge is -2.19. The van der Waals surface area contributed by atoms with Crippen LogP contribution in [-0.4, -0.2) is 26.0 Å². The number of benzene rings is 3. The van der Waals surface area contributed by atoms with Crippen molar-refractivity contribution in [3.05, 3.63) is 117 Å². The maximum Gasteiger partial charge on any atom is 0.339 e. The van der Waals surface area contributed by atoms with Gasteiger partial charge in [0, 0.05) is 47.8 Å². The van der Waals surface area contributed by atoms with Gasteiger partial charge in [-0.25, -0.2) is 4.79 Å². The van der Waals surface area contributed by atoms with Gasteiger partial charge in [-0.3, -0.25) is 4.79 Å². The minimum absolute atomic E-state index is 0.000178. The Bertz CT molecular complexity index is 1580. The van der Waals surface area contributed by atoms with E-state index >= 15 is 0 Å². The van der Waals surface area contributed by atoms with Crippen molar-refractivity contribution in [1.29, 1.82) is 0 Å². The number of ketones is 1. The first-order valence-corrected chi connectivity index (χ1v) is 14.4. The lowest BCUT2D eigenvalue weighted by molar-refractivity contribution is 0.0992. The molecule has 0 radical (unpaired) electrons. The molecule has 0 amide bonds. The van der Waals surface area contributed by atoms with Crippen molar-refractivity contribution in [2.75, 3.05) is 25.1 Å². The van der Waals surface area contributed by atoms with Crippen molar-refractivity contribution in [3.63, 3.8) is 0 Å². The van der Waals surface area contributed by atoms with Gasteiger partial charge in [-0.2, -0.15) is 0 Å². The van der Waals surface area contributed by atoms with Crippen LogP contribution in [0.4, 0.5) is 5.69 Å². The Morgan fingerprint density at radius 1 is 0.927 bits per heavy atom. The second-order valence-electron chi connectivity index (χ2n) is 11.1. The molecule has 0 bridgehead atoms. The number of para-hydroxylation sites is 1. The molecule has 5 heteroatoms. The third-order valence-electron chi connectivity index (χ3n) is 7.52. The number of rotatable bonds is 13. The van der Waals surface area contributed by atoms with Crippen molar-refractivity contribution in [2.24, 2.45) is 0 Å². The van der Waals surface area contributed by atoms with Gasteiger partial charge in [0.05, 0.1) is 6.61 Å². The molecule has 0 spiro atoms. The lowest BCUT2D eigenvalue weighted by atomic mass is 9.97. The second-order valence-corrected chi connectivity index (χ2v) is 11.1. The summed E-state index contributed by atoms with van der Waals surface area (Å²) < 4.78 is 11.8. The van der Waals surface area contributed by atoms with E-state index in [0.717, 1.165) is 60.1 Å². The van der Waals surface area contributed by atoms with E-state index in [1.54, 1.807) is 6.07 Å². The molecule has 0 atom stereocenters. The number of anilines is 1. The summed E-state index contributed by atoms with van der Waals surface area (Å²) in [4.78, 5) is 28.3. The van der Waals surface area contributed by atoms with Crippen LogP contribution in [-0.2, 0) is 12.8 Å². The first kappa shape index (κ1) is 29.9. The summed E-state index contributed by atoms with van der Waals surface area (Å²) in [5.74, 6) is 0.621. The van der Waals surface area contributed by atoms with E-state index in [4.69, 9.17) is 9.15 Å². The molecule has 0 aliphatic carbocycles. The fraction of sp³-hybridized carbons (Fsp3) is 0.333. The Hall–Kier alpha value is -4.12. The van der Waals surface area contributed by atoms with Gasteiger partial charge >= 0.3 is 5.63 Å². The maximum absolute atomic E-state index is 13.1. The summed E-state index contributed by atoms with van der Waals surface area (Å²) in [5.41, 5.74) is 6.52. The summed E-state index contributed by atoms with van der Waals surface area (Å²) in [7, 11) is 2.12. The Morgan fingerprint density at radius 2 is 1.71 bits per heavy atom. The van der Waals surface area contributed by atoms with E-state index in [9.17, 15) is 9.59 Å². The molecular formula is C36H41NO4. The van der Waals surface area contributed by atoms with Crippen molar-refractivity contribution in [2.45, 2.75) is 59.8 Å². The molecule has 0 saturated carbocycles. The lowest BCUT2D eigenvalue weighted by Crippen LogP contribution is -2.18. The van der Waals surface area contributed by atoms with E-state index in [1.165, 1.54) is 11.3 Å². The molecule has 1 heterocycles. The third-order valence-corrected chi connectivity index (χ3v) is 7.52. The molecular weight excluding hydrogens is 510 g/mol. The number of ether oxygens (including phenoxy) is 1. The van der Waals surface area contributed by atoms with Crippen LogP contribution in [0.3, 0.4) is 0 Å². The van der Waals surface area contributed by atoms with Gasteiger partial charge in [0.25, 0.3) is 0 Å². The number of fused-ring (bicyclic) bond motifs is 1. The quantitative estimate of drug-likeness (QED) is 0.0729. The van der Waals surface area contributed by atoms with Gasteiger partial charge in [0.15, 0.2) is 5.78 Å². The highest BCUT2D eigenvalue weighted by atomic mass is 16.5. The predicted octanol–water partition coefficient (Wildman–Crippen LogP) is 8.03. The zero-order valence-electron chi connectivity index (χ0n) is 25.0. The number of allylic oxidation sites excluding steroid dienone is 2. The van der Waals surface area contributed by atoms with Gasteiger partial charge < -0.3 is 14.1 Å². The van der Waals surface area contributed by atoms with Crippen LogP contribution in [0.2, 0.25) is 0 Å². The largest absolute Gasteiger partial charge is 0.493 e. The normalized spacial score (nSPS) is 11.0. The zero-order valence-corrected chi connectivity index (χ0v) is 25.0. The molecule has 0 aliphatic heterocycles. The topological polar surface area (TPSA) is 59.8 Å². The standard InChI is InChI=1S/C36H41NO4/c1-25(2)14-16-28-22-29(17-15-26(28)3)33(38)24-31-23-30-18-19-34(27(4)35(30)41-36(31)39)40-21-11-7-10-20-37(5)32-12-8-6-9-13-32/h6,8-9,12-15,17-19,22-23H,7,10-11,16,20-21,24H2,1-5H3. The zero-order chi connectivity index (χ0) is 29.4. The summed E-state index contributed by atoms with van der Waals surface area (Å²) in [6.45, 7) is 9.68. The van der Waals surface area contributed by atoms with Gasteiger partial charge in [-0.15, -0.1) is 0 Å². The van der Waals surface area contributed by atoms with Gasteiger partial charge in [0.1, 0.15) is 11.3 Å². The average Bonchev–Trinajstić information content (AvgIpc) is 2.96. The molecule has 1 aromatic heterocycles. The van der Waals surface area contributed by atoms with Crippen LogP contribution < -0.4 is 15.3 Å². The Labute approximate surface area is 243 Å². The number of aryl methyl sites for hydroxylation is 2.